The minimum Gasteiger partial charge on any atom is -0.431 e. The van der Waals surface area contributed by atoms with E-state index in [9.17, 15) is 0 Å². The zero-order chi connectivity index (χ0) is 11.7. The molecule has 0 unspecified atom stereocenters. The van der Waals surface area contributed by atoms with Crippen LogP contribution in [0.1, 0.15) is 0 Å². The third-order valence-corrected chi connectivity index (χ3v) is 3.20. The molecule has 0 aliphatic heterocycles. The quantitative estimate of drug-likeness (QED) is 0.699. The summed E-state index contributed by atoms with van der Waals surface area (Å²) in [7, 11) is 0. The van der Waals surface area contributed by atoms with Crippen LogP contribution in [0.2, 0.25) is 5.02 Å². The maximum Gasteiger partial charge on any atom is 0.263 e. The number of nitrogens with zero attached hydrogens (tertiary/aromatic N) is 2. The fourth-order valence-electron chi connectivity index (χ4n) is 1.42. The fraction of sp³-hybridized carbons (Fsp3) is 0. The third-order valence-electron chi connectivity index (χ3n) is 2.16. The average molecular weight is 263 g/mol. The lowest BCUT2D eigenvalue weighted by Gasteiger charge is -1.92. The topological polar surface area (TPSA) is 38.9 Å². The fourth-order valence-corrected chi connectivity index (χ4v) is 2.29. The van der Waals surface area contributed by atoms with Crippen molar-refractivity contribution in [2.45, 2.75) is 10.2 Å². The highest BCUT2D eigenvalue weighted by molar-refractivity contribution is 7.99. The molecule has 84 valence electrons. The molecule has 1 aromatic carbocycles. The van der Waals surface area contributed by atoms with Gasteiger partial charge in [0, 0.05) is 17.3 Å². The van der Waals surface area contributed by atoms with Crippen LogP contribution in [0.4, 0.5) is 0 Å². The van der Waals surface area contributed by atoms with E-state index in [1.807, 2.05) is 24.3 Å². The minimum absolute atomic E-state index is 0.570. The summed E-state index contributed by atoms with van der Waals surface area (Å²) in [5.74, 6) is 0. The summed E-state index contributed by atoms with van der Waals surface area (Å²) in [5, 5.41) is 2.06. The van der Waals surface area contributed by atoms with E-state index in [0.717, 1.165) is 10.5 Å². The molecule has 0 bridgehead atoms. The van der Waals surface area contributed by atoms with Gasteiger partial charge in [0.25, 0.3) is 5.22 Å². The maximum atomic E-state index is 5.88. The van der Waals surface area contributed by atoms with Gasteiger partial charge in [-0.05, 0) is 36.0 Å². The number of oxazole rings is 1. The molecule has 0 saturated carbocycles. The van der Waals surface area contributed by atoms with Gasteiger partial charge in [-0.3, -0.25) is 0 Å². The number of aromatic nitrogens is 2. The van der Waals surface area contributed by atoms with E-state index in [2.05, 4.69) is 9.97 Å². The molecule has 0 amide bonds. The summed E-state index contributed by atoms with van der Waals surface area (Å²) in [6, 6.07) is 11.1. The zero-order valence-electron chi connectivity index (χ0n) is 8.63. The zero-order valence-corrected chi connectivity index (χ0v) is 10.2. The van der Waals surface area contributed by atoms with Crippen LogP contribution < -0.4 is 0 Å². The van der Waals surface area contributed by atoms with Crippen LogP contribution in [0.3, 0.4) is 0 Å². The lowest BCUT2D eigenvalue weighted by atomic mass is 10.3. The van der Waals surface area contributed by atoms with E-state index >= 15 is 0 Å². The van der Waals surface area contributed by atoms with Gasteiger partial charge in [0.1, 0.15) is 10.5 Å². The number of hydrogen-bond donors (Lipinski definition) is 0. The standard InChI is InChI=1S/C12H7ClN2OS/c13-8-4-5-9-10(7-8)16-12(15-9)17-11-3-1-2-6-14-11/h1-7H. The Morgan fingerprint density at radius 1 is 1.18 bits per heavy atom. The summed E-state index contributed by atoms with van der Waals surface area (Å²) in [4.78, 5) is 8.55. The normalized spacial score (nSPS) is 10.9. The molecular formula is C12H7ClN2OS. The van der Waals surface area contributed by atoms with E-state index in [1.165, 1.54) is 11.8 Å². The molecule has 0 aliphatic rings. The molecule has 17 heavy (non-hydrogen) atoms. The van der Waals surface area contributed by atoms with Crippen molar-refractivity contribution >= 4 is 34.5 Å². The summed E-state index contributed by atoms with van der Waals surface area (Å²) < 4.78 is 5.58. The number of fused-ring (bicyclic) bond motifs is 1. The molecule has 0 atom stereocenters. The molecule has 0 aliphatic carbocycles. The first kappa shape index (κ1) is 10.6. The van der Waals surface area contributed by atoms with E-state index < -0.39 is 0 Å². The van der Waals surface area contributed by atoms with Crippen molar-refractivity contribution in [3.05, 3.63) is 47.6 Å². The largest absolute Gasteiger partial charge is 0.431 e. The van der Waals surface area contributed by atoms with E-state index in [0.29, 0.717) is 15.8 Å². The van der Waals surface area contributed by atoms with E-state index in [-0.39, 0.29) is 0 Å². The molecule has 2 aromatic heterocycles. The third kappa shape index (κ3) is 2.28. The van der Waals surface area contributed by atoms with E-state index in [1.54, 1.807) is 18.3 Å². The highest BCUT2D eigenvalue weighted by atomic mass is 35.5. The number of pyridine rings is 1. The highest BCUT2D eigenvalue weighted by Gasteiger charge is 2.08. The first-order valence-corrected chi connectivity index (χ1v) is 6.16. The molecule has 5 heteroatoms. The van der Waals surface area contributed by atoms with Gasteiger partial charge in [0.15, 0.2) is 5.58 Å². The van der Waals surface area contributed by atoms with E-state index in [4.69, 9.17) is 16.0 Å². The van der Waals surface area contributed by atoms with Crippen molar-refractivity contribution in [1.29, 1.82) is 0 Å². The van der Waals surface area contributed by atoms with Gasteiger partial charge in [-0.25, -0.2) is 9.97 Å². The average Bonchev–Trinajstić information content (AvgIpc) is 2.71. The van der Waals surface area contributed by atoms with Crippen LogP contribution >= 0.6 is 23.4 Å². The summed E-state index contributed by atoms with van der Waals surface area (Å²) in [6.45, 7) is 0. The first-order valence-electron chi connectivity index (χ1n) is 4.96. The first-order chi connectivity index (χ1) is 8.31. The predicted molar refractivity (Wildman–Crippen MR) is 67.4 cm³/mol. The predicted octanol–water partition coefficient (Wildman–Crippen LogP) is 4.03. The van der Waals surface area contributed by atoms with Crippen LogP contribution in [0.15, 0.2) is 57.3 Å². The van der Waals surface area contributed by atoms with Crippen LogP contribution in [-0.4, -0.2) is 9.97 Å². The lowest BCUT2D eigenvalue weighted by Crippen LogP contribution is -1.76. The summed E-state index contributed by atoms with van der Waals surface area (Å²) >= 11 is 7.27. The second-order valence-electron chi connectivity index (χ2n) is 3.36. The molecule has 3 aromatic rings. The SMILES string of the molecule is Clc1ccc2nc(Sc3ccccn3)oc2c1. The van der Waals surface area contributed by atoms with Gasteiger partial charge in [0.2, 0.25) is 0 Å². The van der Waals surface area contributed by atoms with Crippen LogP contribution in [0.5, 0.6) is 0 Å². The highest BCUT2D eigenvalue weighted by Crippen LogP contribution is 2.29. The second kappa shape index (κ2) is 4.39. The number of rotatable bonds is 2. The van der Waals surface area contributed by atoms with Crippen LogP contribution in [0.25, 0.3) is 11.1 Å². The maximum absolute atomic E-state index is 5.88. The molecule has 2 heterocycles. The Bertz CT molecular complexity index is 654. The van der Waals surface area contributed by atoms with Crippen molar-refractivity contribution < 1.29 is 4.42 Å². The van der Waals surface area contributed by atoms with Crippen molar-refractivity contribution in [2.75, 3.05) is 0 Å². The monoisotopic (exact) mass is 262 g/mol. The minimum atomic E-state index is 0.570. The Morgan fingerprint density at radius 3 is 2.94 bits per heavy atom. The molecule has 3 nitrogen and oxygen atoms in total. The Hall–Kier alpha value is -1.52. The van der Waals surface area contributed by atoms with Crippen molar-refractivity contribution in [2.24, 2.45) is 0 Å². The second-order valence-corrected chi connectivity index (χ2v) is 4.77. The van der Waals surface area contributed by atoms with Gasteiger partial charge >= 0.3 is 0 Å². The van der Waals surface area contributed by atoms with Gasteiger partial charge in [0.05, 0.1) is 0 Å². The summed E-state index contributed by atoms with van der Waals surface area (Å²) in [5.41, 5.74) is 1.49. The van der Waals surface area contributed by atoms with Crippen molar-refractivity contribution in [3.63, 3.8) is 0 Å². The Balaban J connectivity index is 1.96. The smallest absolute Gasteiger partial charge is 0.263 e. The van der Waals surface area contributed by atoms with Gasteiger partial charge in [-0.2, -0.15) is 0 Å². The molecule has 0 spiro atoms. The summed E-state index contributed by atoms with van der Waals surface area (Å²) in [6.07, 6.45) is 1.74. The number of hydrogen-bond acceptors (Lipinski definition) is 4. The van der Waals surface area contributed by atoms with Crippen LogP contribution in [-0.2, 0) is 0 Å². The molecule has 0 saturated heterocycles. The Kier molecular flexibility index (Phi) is 2.74. The van der Waals surface area contributed by atoms with Gasteiger partial charge in [-0.1, -0.05) is 17.7 Å². The van der Waals surface area contributed by atoms with Crippen molar-refractivity contribution in [3.8, 4) is 0 Å². The molecule has 3 rings (SSSR count). The Labute approximate surface area is 107 Å². The van der Waals surface area contributed by atoms with Crippen molar-refractivity contribution in [1.82, 2.24) is 9.97 Å². The number of halogens is 1. The molecular weight excluding hydrogens is 256 g/mol. The lowest BCUT2D eigenvalue weighted by molar-refractivity contribution is 0.489. The van der Waals surface area contributed by atoms with Crippen LogP contribution in [0, 0.1) is 0 Å². The molecule has 0 fully saturated rings. The number of benzene rings is 1. The Morgan fingerprint density at radius 2 is 2.12 bits per heavy atom. The molecule has 0 N–H and O–H groups in total. The van der Waals surface area contributed by atoms with Gasteiger partial charge in [-0.15, -0.1) is 0 Å². The molecule has 0 radical (unpaired) electrons. The van der Waals surface area contributed by atoms with Gasteiger partial charge < -0.3 is 4.42 Å².